The molecule has 0 heterocycles. The maximum atomic E-state index is 6.00. The molecule has 1 rings (SSSR count). The molecular formula is C15H25ClN2O. The van der Waals surface area contributed by atoms with Gasteiger partial charge < -0.3 is 15.0 Å². The first kappa shape index (κ1) is 16.3. The smallest absolute Gasteiger partial charge is 0.123 e. The number of ether oxygens (including phenoxy) is 1. The van der Waals surface area contributed by atoms with Gasteiger partial charge in [0.1, 0.15) is 5.75 Å². The Hall–Kier alpha value is -0.770. The van der Waals surface area contributed by atoms with E-state index in [1.165, 1.54) is 0 Å². The van der Waals surface area contributed by atoms with E-state index in [-0.39, 0.29) is 0 Å². The molecule has 0 aliphatic rings. The molecule has 0 saturated heterocycles. The van der Waals surface area contributed by atoms with E-state index < -0.39 is 0 Å². The summed E-state index contributed by atoms with van der Waals surface area (Å²) in [5.41, 5.74) is 1.11. The third-order valence-corrected chi connectivity index (χ3v) is 3.52. The van der Waals surface area contributed by atoms with E-state index in [1.807, 2.05) is 18.2 Å². The molecule has 0 amide bonds. The Kier molecular flexibility index (Phi) is 7.87. The van der Waals surface area contributed by atoms with Crippen LogP contribution >= 0.6 is 11.6 Å². The molecule has 0 fully saturated rings. The third kappa shape index (κ3) is 5.81. The monoisotopic (exact) mass is 284 g/mol. The molecule has 0 unspecified atom stereocenters. The molecule has 1 aromatic rings. The Labute approximate surface area is 121 Å². The van der Waals surface area contributed by atoms with Crippen molar-refractivity contribution < 1.29 is 4.74 Å². The minimum absolute atomic E-state index is 0.751. The fraction of sp³-hybridized carbons (Fsp3) is 0.600. The fourth-order valence-electron chi connectivity index (χ4n) is 2.08. The standard InChI is InChI=1S/C15H25ClN2O/c1-4-18(5-2)10-6-9-17-12-13-11-14(16)7-8-15(13)19-3/h7-8,11,17H,4-6,9-10,12H2,1-3H3. The number of hydrogen-bond donors (Lipinski definition) is 1. The second kappa shape index (κ2) is 9.18. The number of hydrogen-bond acceptors (Lipinski definition) is 3. The maximum absolute atomic E-state index is 6.00. The summed E-state index contributed by atoms with van der Waals surface area (Å²) in [6.45, 7) is 9.60. The van der Waals surface area contributed by atoms with Crippen LogP contribution in [-0.4, -0.2) is 38.2 Å². The van der Waals surface area contributed by atoms with Crippen molar-refractivity contribution >= 4 is 11.6 Å². The van der Waals surface area contributed by atoms with Crippen LogP contribution in [0.4, 0.5) is 0 Å². The van der Waals surface area contributed by atoms with Crippen LogP contribution in [0.2, 0.25) is 5.02 Å². The zero-order chi connectivity index (χ0) is 14.1. The van der Waals surface area contributed by atoms with E-state index in [9.17, 15) is 0 Å². The van der Waals surface area contributed by atoms with Crippen molar-refractivity contribution in [1.29, 1.82) is 0 Å². The van der Waals surface area contributed by atoms with E-state index in [0.29, 0.717) is 0 Å². The number of nitrogens with zero attached hydrogens (tertiary/aromatic N) is 1. The largest absolute Gasteiger partial charge is 0.496 e. The van der Waals surface area contributed by atoms with Gasteiger partial charge in [-0.15, -0.1) is 0 Å². The van der Waals surface area contributed by atoms with Crippen LogP contribution in [0, 0.1) is 0 Å². The highest BCUT2D eigenvalue weighted by molar-refractivity contribution is 6.30. The molecule has 4 heteroatoms. The van der Waals surface area contributed by atoms with Crippen LogP contribution in [0.5, 0.6) is 5.75 Å². The topological polar surface area (TPSA) is 24.5 Å². The summed E-state index contributed by atoms with van der Waals surface area (Å²) >= 11 is 6.00. The van der Waals surface area contributed by atoms with Crippen LogP contribution in [0.25, 0.3) is 0 Å². The molecule has 108 valence electrons. The molecule has 0 aliphatic heterocycles. The van der Waals surface area contributed by atoms with Crippen LogP contribution < -0.4 is 10.1 Å². The Morgan fingerprint density at radius 1 is 1.26 bits per heavy atom. The number of halogens is 1. The molecule has 0 saturated carbocycles. The molecule has 19 heavy (non-hydrogen) atoms. The summed E-state index contributed by atoms with van der Waals surface area (Å²) < 4.78 is 5.32. The predicted molar refractivity (Wildman–Crippen MR) is 82.1 cm³/mol. The lowest BCUT2D eigenvalue weighted by molar-refractivity contribution is 0.298. The second-order valence-electron chi connectivity index (χ2n) is 4.51. The van der Waals surface area contributed by atoms with Crippen molar-refractivity contribution in [3.63, 3.8) is 0 Å². The molecule has 0 atom stereocenters. The minimum Gasteiger partial charge on any atom is -0.496 e. The van der Waals surface area contributed by atoms with Crippen molar-refractivity contribution in [2.24, 2.45) is 0 Å². The van der Waals surface area contributed by atoms with Crippen molar-refractivity contribution in [2.45, 2.75) is 26.8 Å². The number of methoxy groups -OCH3 is 1. The van der Waals surface area contributed by atoms with Gasteiger partial charge in [-0.2, -0.15) is 0 Å². The first-order chi connectivity index (χ1) is 9.21. The SMILES string of the molecule is CCN(CC)CCCNCc1cc(Cl)ccc1OC. The van der Waals surface area contributed by atoms with E-state index in [2.05, 4.69) is 24.1 Å². The van der Waals surface area contributed by atoms with Gasteiger partial charge in [0.2, 0.25) is 0 Å². The Morgan fingerprint density at radius 3 is 2.63 bits per heavy atom. The molecule has 1 N–H and O–H groups in total. The molecule has 0 spiro atoms. The lowest BCUT2D eigenvalue weighted by Crippen LogP contribution is -2.27. The Balaban J connectivity index is 2.31. The molecule has 1 aromatic carbocycles. The summed E-state index contributed by atoms with van der Waals surface area (Å²) in [6.07, 6.45) is 1.16. The van der Waals surface area contributed by atoms with Gasteiger partial charge in [0.15, 0.2) is 0 Å². The number of benzene rings is 1. The second-order valence-corrected chi connectivity index (χ2v) is 4.95. The number of nitrogens with one attached hydrogen (secondary N) is 1. The average Bonchev–Trinajstić information content (AvgIpc) is 2.43. The summed E-state index contributed by atoms with van der Waals surface area (Å²) in [5, 5.41) is 4.19. The first-order valence-electron chi connectivity index (χ1n) is 6.96. The third-order valence-electron chi connectivity index (χ3n) is 3.28. The normalized spacial score (nSPS) is 11.0. The molecule has 0 radical (unpaired) electrons. The molecule has 3 nitrogen and oxygen atoms in total. The van der Waals surface area contributed by atoms with Crippen LogP contribution in [0.1, 0.15) is 25.8 Å². The van der Waals surface area contributed by atoms with Crippen molar-refractivity contribution in [3.8, 4) is 5.75 Å². The van der Waals surface area contributed by atoms with Gasteiger partial charge >= 0.3 is 0 Å². The Morgan fingerprint density at radius 2 is 2.00 bits per heavy atom. The highest BCUT2D eigenvalue weighted by Gasteiger charge is 2.03. The predicted octanol–water partition coefficient (Wildman–Crippen LogP) is 3.17. The van der Waals surface area contributed by atoms with Gasteiger partial charge in [-0.25, -0.2) is 0 Å². The summed E-state index contributed by atoms with van der Waals surface area (Å²) in [4.78, 5) is 2.43. The highest BCUT2D eigenvalue weighted by atomic mass is 35.5. The van der Waals surface area contributed by atoms with Crippen molar-refractivity contribution in [2.75, 3.05) is 33.3 Å². The molecule has 0 aromatic heterocycles. The lowest BCUT2D eigenvalue weighted by atomic mass is 10.2. The quantitative estimate of drug-likeness (QED) is 0.705. The van der Waals surface area contributed by atoms with Gasteiger partial charge in [-0.1, -0.05) is 25.4 Å². The number of rotatable bonds is 9. The minimum atomic E-state index is 0.751. The molecule has 0 aliphatic carbocycles. The lowest BCUT2D eigenvalue weighted by Gasteiger charge is -2.17. The van der Waals surface area contributed by atoms with Gasteiger partial charge in [0.25, 0.3) is 0 Å². The van der Waals surface area contributed by atoms with E-state index in [4.69, 9.17) is 16.3 Å². The van der Waals surface area contributed by atoms with Crippen LogP contribution in [0.15, 0.2) is 18.2 Å². The first-order valence-corrected chi connectivity index (χ1v) is 7.34. The summed E-state index contributed by atoms with van der Waals surface area (Å²) in [5.74, 6) is 0.889. The molecule has 0 bridgehead atoms. The van der Waals surface area contributed by atoms with Gasteiger partial charge in [-0.05, 0) is 50.8 Å². The van der Waals surface area contributed by atoms with E-state index in [0.717, 1.165) is 55.5 Å². The van der Waals surface area contributed by atoms with Crippen molar-refractivity contribution in [1.82, 2.24) is 10.2 Å². The summed E-state index contributed by atoms with van der Waals surface area (Å²) in [6, 6.07) is 5.72. The van der Waals surface area contributed by atoms with Gasteiger partial charge in [-0.3, -0.25) is 0 Å². The van der Waals surface area contributed by atoms with Gasteiger partial charge in [0.05, 0.1) is 7.11 Å². The van der Waals surface area contributed by atoms with E-state index in [1.54, 1.807) is 7.11 Å². The maximum Gasteiger partial charge on any atom is 0.123 e. The zero-order valence-electron chi connectivity index (χ0n) is 12.2. The highest BCUT2D eigenvalue weighted by Crippen LogP contribution is 2.22. The zero-order valence-corrected chi connectivity index (χ0v) is 13.0. The van der Waals surface area contributed by atoms with Crippen LogP contribution in [0.3, 0.4) is 0 Å². The van der Waals surface area contributed by atoms with Crippen LogP contribution in [-0.2, 0) is 6.54 Å². The molecular weight excluding hydrogens is 260 g/mol. The average molecular weight is 285 g/mol. The van der Waals surface area contributed by atoms with Crippen molar-refractivity contribution in [3.05, 3.63) is 28.8 Å². The fourth-order valence-corrected chi connectivity index (χ4v) is 2.27. The van der Waals surface area contributed by atoms with E-state index >= 15 is 0 Å². The Bertz CT molecular complexity index is 367. The summed E-state index contributed by atoms with van der Waals surface area (Å²) in [7, 11) is 1.69. The van der Waals surface area contributed by atoms with Gasteiger partial charge in [0, 0.05) is 17.1 Å².